The SMILES string of the molecule is CC(=O)O[C@H]1C[C@](C)(O)[C@]23OC(C)(C)[C@@H](C[C@@H](OC(=O)c4ccccc4)[C@]2(C)[C@@H]1OC(=O)c1ccccc1)C3=O. The summed E-state index contributed by atoms with van der Waals surface area (Å²) in [6.07, 6.45) is -3.71. The van der Waals surface area contributed by atoms with Gasteiger partial charge in [0.25, 0.3) is 0 Å². The fourth-order valence-corrected chi connectivity index (χ4v) is 7.11. The lowest BCUT2D eigenvalue weighted by molar-refractivity contribution is -0.308. The van der Waals surface area contributed by atoms with Gasteiger partial charge in [-0.2, -0.15) is 0 Å². The largest absolute Gasteiger partial charge is 0.458 e. The second-order valence-electron chi connectivity index (χ2n) is 11.9. The van der Waals surface area contributed by atoms with Crippen molar-refractivity contribution in [3.63, 3.8) is 0 Å². The molecule has 1 N–H and O–H groups in total. The van der Waals surface area contributed by atoms with Gasteiger partial charge in [0.15, 0.2) is 17.5 Å². The number of carbonyl (C=O) groups is 4. The van der Waals surface area contributed by atoms with Crippen molar-refractivity contribution in [1.82, 2.24) is 0 Å². The molecule has 3 fully saturated rings. The van der Waals surface area contributed by atoms with Gasteiger partial charge in [0.1, 0.15) is 17.8 Å². The van der Waals surface area contributed by atoms with E-state index in [-0.39, 0.29) is 24.2 Å². The Morgan fingerprint density at radius 2 is 1.38 bits per heavy atom. The van der Waals surface area contributed by atoms with Crippen LogP contribution in [0.3, 0.4) is 0 Å². The van der Waals surface area contributed by atoms with Crippen LogP contribution in [-0.2, 0) is 28.5 Å². The Labute approximate surface area is 232 Å². The van der Waals surface area contributed by atoms with Crippen LogP contribution in [0.4, 0.5) is 0 Å². The summed E-state index contributed by atoms with van der Waals surface area (Å²) in [5.74, 6) is -3.10. The zero-order valence-electron chi connectivity index (χ0n) is 23.2. The minimum absolute atomic E-state index is 0.0604. The predicted octanol–water partition coefficient (Wildman–Crippen LogP) is 3.67. The molecule has 1 spiro atoms. The van der Waals surface area contributed by atoms with Gasteiger partial charge in [-0.3, -0.25) is 9.59 Å². The summed E-state index contributed by atoms with van der Waals surface area (Å²) in [6.45, 7) is 7.78. The van der Waals surface area contributed by atoms with E-state index < -0.39 is 64.4 Å². The van der Waals surface area contributed by atoms with Crippen LogP contribution in [0, 0.1) is 11.3 Å². The number of rotatable bonds is 5. The predicted molar refractivity (Wildman–Crippen MR) is 141 cm³/mol. The molecule has 2 aromatic rings. The van der Waals surface area contributed by atoms with Gasteiger partial charge in [0.2, 0.25) is 0 Å². The molecule has 1 heterocycles. The molecule has 2 aliphatic carbocycles. The Morgan fingerprint density at radius 1 is 0.850 bits per heavy atom. The molecule has 1 saturated heterocycles. The average Bonchev–Trinajstić information content (AvgIpc) is 3.06. The minimum atomic E-state index is -1.94. The second kappa shape index (κ2) is 9.52. The molecule has 0 radical (unpaired) electrons. The first-order valence-corrected chi connectivity index (χ1v) is 13.4. The normalized spacial score (nSPS) is 35.8. The smallest absolute Gasteiger partial charge is 0.338 e. The first kappa shape index (κ1) is 28.0. The lowest BCUT2D eigenvalue weighted by Gasteiger charge is -2.62. The van der Waals surface area contributed by atoms with E-state index in [1.807, 2.05) is 0 Å². The molecule has 2 aromatic carbocycles. The van der Waals surface area contributed by atoms with Crippen LogP contribution < -0.4 is 0 Å². The molecule has 2 saturated carbocycles. The van der Waals surface area contributed by atoms with Gasteiger partial charge in [-0.25, -0.2) is 9.59 Å². The lowest BCUT2D eigenvalue weighted by Crippen LogP contribution is -2.80. The topological polar surface area (TPSA) is 125 Å². The highest BCUT2D eigenvalue weighted by Gasteiger charge is 2.83. The first-order valence-electron chi connectivity index (χ1n) is 13.4. The molecule has 212 valence electrons. The molecule has 3 aliphatic rings. The zero-order valence-corrected chi connectivity index (χ0v) is 23.2. The summed E-state index contributed by atoms with van der Waals surface area (Å²) in [5.41, 5.74) is -5.96. The number of ketones is 1. The summed E-state index contributed by atoms with van der Waals surface area (Å²) in [4.78, 5) is 53.3. The quantitative estimate of drug-likeness (QED) is 0.438. The number of hydrogen-bond donors (Lipinski definition) is 1. The van der Waals surface area contributed by atoms with E-state index in [1.54, 1.807) is 81.4 Å². The van der Waals surface area contributed by atoms with Crippen LogP contribution in [0.1, 0.15) is 68.2 Å². The molecule has 1 aliphatic heterocycles. The fraction of sp³-hybridized carbons (Fsp3) is 0.484. The molecule has 5 rings (SSSR count). The molecule has 0 aromatic heterocycles. The maximum absolute atomic E-state index is 14.2. The van der Waals surface area contributed by atoms with Crippen molar-refractivity contribution in [2.24, 2.45) is 11.3 Å². The van der Waals surface area contributed by atoms with E-state index in [0.29, 0.717) is 5.56 Å². The molecule has 0 unspecified atom stereocenters. The molecule has 2 bridgehead atoms. The van der Waals surface area contributed by atoms with Crippen molar-refractivity contribution in [2.45, 2.75) is 82.6 Å². The number of benzene rings is 2. The summed E-state index contributed by atoms with van der Waals surface area (Å²) < 4.78 is 24.4. The van der Waals surface area contributed by atoms with Crippen LogP contribution >= 0.6 is 0 Å². The van der Waals surface area contributed by atoms with E-state index >= 15 is 0 Å². The van der Waals surface area contributed by atoms with Crippen molar-refractivity contribution in [2.75, 3.05) is 0 Å². The van der Waals surface area contributed by atoms with Crippen molar-refractivity contribution in [1.29, 1.82) is 0 Å². The summed E-state index contributed by atoms with van der Waals surface area (Å²) >= 11 is 0. The third-order valence-corrected chi connectivity index (χ3v) is 8.90. The fourth-order valence-electron chi connectivity index (χ4n) is 7.11. The maximum Gasteiger partial charge on any atom is 0.338 e. The Hall–Kier alpha value is -3.56. The van der Waals surface area contributed by atoms with Gasteiger partial charge in [0, 0.05) is 13.3 Å². The van der Waals surface area contributed by atoms with E-state index in [9.17, 15) is 24.3 Å². The van der Waals surface area contributed by atoms with E-state index in [0.717, 1.165) is 0 Å². The van der Waals surface area contributed by atoms with E-state index in [1.165, 1.54) is 13.8 Å². The highest BCUT2D eigenvalue weighted by molar-refractivity contribution is 5.97. The number of carbonyl (C=O) groups excluding carboxylic acids is 4. The van der Waals surface area contributed by atoms with Gasteiger partial charge in [-0.05, 0) is 58.4 Å². The lowest BCUT2D eigenvalue weighted by atomic mass is 9.47. The second-order valence-corrected chi connectivity index (χ2v) is 11.9. The van der Waals surface area contributed by atoms with Crippen molar-refractivity contribution >= 4 is 23.7 Å². The number of esters is 3. The minimum Gasteiger partial charge on any atom is -0.458 e. The molecular formula is C31H34O9. The Bertz CT molecular complexity index is 1340. The Kier molecular flexibility index (Phi) is 6.66. The van der Waals surface area contributed by atoms with Crippen molar-refractivity contribution < 1.29 is 43.2 Å². The molecule has 0 amide bonds. The zero-order chi connectivity index (χ0) is 29.1. The van der Waals surface area contributed by atoms with Gasteiger partial charge in [0.05, 0.1) is 28.1 Å². The Morgan fingerprint density at radius 3 is 1.90 bits per heavy atom. The standard InChI is InChI=1S/C31H34O9/c1-18(32)37-22-17-29(4,36)31-24(33)21(28(2,3)40-31)16-23(38-26(34)19-12-8-6-9-13-19)30(31,5)25(22)39-27(35)20-14-10-7-11-15-20/h6-15,21-23,25,36H,16-17H2,1-5H3/t21-,22-,23+,25+,29-,30+,31-/m0/s1. The van der Waals surface area contributed by atoms with Gasteiger partial charge in [-0.15, -0.1) is 0 Å². The molecule has 9 heteroatoms. The first-order chi connectivity index (χ1) is 18.7. The van der Waals surface area contributed by atoms with Crippen LogP contribution in [0.5, 0.6) is 0 Å². The molecule has 7 atom stereocenters. The monoisotopic (exact) mass is 550 g/mol. The van der Waals surface area contributed by atoms with Crippen LogP contribution in [0.2, 0.25) is 0 Å². The van der Waals surface area contributed by atoms with Gasteiger partial charge >= 0.3 is 17.9 Å². The number of ether oxygens (including phenoxy) is 4. The van der Waals surface area contributed by atoms with Crippen molar-refractivity contribution in [3.8, 4) is 0 Å². The van der Waals surface area contributed by atoms with E-state index in [4.69, 9.17) is 18.9 Å². The highest BCUT2D eigenvalue weighted by atomic mass is 16.6. The van der Waals surface area contributed by atoms with Crippen molar-refractivity contribution in [3.05, 3.63) is 71.8 Å². The summed E-state index contributed by atoms with van der Waals surface area (Å²) in [5, 5.41) is 12.0. The maximum atomic E-state index is 14.2. The molecular weight excluding hydrogens is 516 g/mol. The van der Waals surface area contributed by atoms with Gasteiger partial charge < -0.3 is 24.1 Å². The molecule has 9 nitrogen and oxygen atoms in total. The summed E-state index contributed by atoms with van der Waals surface area (Å²) in [7, 11) is 0. The third-order valence-electron chi connectivity index (χ3n) is 8.90. The average molecular weight is 551 g/mol. The number of hydrogen-bond acceptors (Lipinski definition) is 9. The number of fused-ring (bicyclic) bond motifs is 1. The van der Waals surface area contributed by atoms with Crippen LogP contribution in [0.25, 0.3) is 0 Å². The number of aliphatic hydroxyl groups is 1. The summed E-state index contributed by atoms with van der Waals surface area (Å²) in [6, 6.07) is 16.6. The number of Topliss-reactive ketones (excluding diaryl/α,β-unsaturated/α-hetero) is 1. The third kappa shape index (κ3) is 4.06. The highest BCUT2D eigenvalue weighted by Crippen LogP contribution is 2.66. The van der Waals surface area contributed by atoms with E-state index in [2.05, 4.69) is 0 Å². The Balaban J connectivity index is 1.68. The molecule has 40 heavy (non-hydrogen) atoms. The van der Waals surface area contributed by atoms with Crippen LogP contribution in [-0.4, -0.2) is 63.9 Å². The van der Waals surface area contributed by atoms with Crippen LogP contribution in [0.15, 0.2) is 60.7 Å². The van der Waals surface area contributed by atoms with Gasteiger partial charge in [-0.1, -0.05) is 36.4 Å².